The molecule has 3 aliphatic carbocycles. The molecule has 2 aromatic heterocycles. The van der Waals surface area contributed by atoms with Crippen LogP contribution in [-0.4, -0.2) is 15.0 Å². The number of anilines is 3. The van der Waals surface area contributed by atoms with Crippen molar-refractivity contribution in [2.24, 2.45) is 5.92 Å². The van der Waals surface area contributed by atoms with Crippen molar-refractivity contribution in [1.82, 2.24) is 15.0 Å². The van der Waals surface area contributed by atoms with E-state index in [2.05, 4.69) is 239 Å². The van der Waals surface area contributed by atoms with Gasteiger partial charge in [0.25, 0.3) is 0 Å². The first kappa shape index (κ1) is 43.8. The number of allylic oxidation sites excluding steroid dienone is 4. The zero-order chi connectivity index (χ0) is 49.7. The van der Waals surface area contributed by atoms with Crippen molar-refractivity contribution in [2.75, 3.05) is 4.90 Å². The molecule has 9 aromatic carbocycles. The first-order valence-corrected chi connectivity index (χ1v) is 25.8. The van der Waals surface area contributed by atoms with E-state index in [4.69, 9.17) is 19.4 Å². The van der Waals surface area contributed by atoms with Crippen molar-refractivity contribution in [3.8, 4) is 67.3 Å². The summed E-state index contributed by atoms with van der Waals surface area (Å²) in [5, 5.41) is 0. The molecule has 2 atom stereocenters. The van der Waals surface area contributed by atoms with Crippen molar-refractivity contribution in [3.05, 3.63) is 253 Å². The lowest BCUT2D eigenvalue weighted by molar-refractivity contribution is 0.394. The molecule has 0 radical (unpaired) electrons. The smallest absolute Gasteiger partial charge is 0.227 e. The number of rotatable bonds is 8. The lowest BCUT2D eigenvalue weighted by Crippen LogP contribution is -2.24. The molecule has 1 unspecified atom stereocenters. The molecule has 0 amide bonds. The molecule has 74 heavy (non-hydrogen) atoms. The van der Waals surface area contributed by atoms with Crippen molar-refractivity contribution < 1.29 is 4.42 Å². The predicted octanol–water partition coefficient (Wildman–Crippen LogP) is 18.0. The molecule has 14 rings (SSSR count). The standard InChI is InChI=1S/C69H52N4O/c1-68(2)57-23-13-11-21-53(57)55-37-31-46(41-59(55)68)51-39-40-52(47-32-38-56-54-22-12-14-24-58(54)69(3,4)60(56)42-47)66-65(51)71-63(43-17-7-5-8-18-43)64(72-66)44-27-33-49(34-28-44)73(48-19-9-6-10-20-48)50-35-29-45(30-36-50)67-70-61-25-15-16-26-62(61)74-67/h5-42,54,58H,1-4H3/t54?,58-/m1/s1. The number of para-hydroxylation sites is 3. The SMILES string of the molecule is CC1(C)c2ccccc2-c2ccc(-c3ccc(-c4ccc5c(c4)C(C)(C)[C@@H]4C=CC=CC54)c4nc(-c5ccc(N(c6ccccc6)c6ccc(-c7nc8ccccc8o7)cc6)cc5)c(-c5ccccc5)nc34)cc21. The molecule has 0 N–H and O–H groups in total. The Kier molecular flexibility index (Phi) is 9.97. The molecule has 0 aliphatic heterocycles. The van der Waals surface area contributed by atoms with Gasteiger partial charge in [-0.05, 0) is 123 Å². The Morgan fingerprint density at radius 2 is 0.946 bits per heavy atom. The van der Waals surface area contributed by atoms with Crippen LogP contribution in [-0.2, 0) is 10.8 Å². The lowest BCUT2D eigenvalue weighted by Gasteiger charge is -2.29. The summed E-state index contributed by atoms with van der Waals surface area (Å²) in [5.41, 5.74) is 23.4. The number of aromatic nitrogens is 3. The minimum Gasteiger partial charge on any atom is -0.436 e. The highest BCUT2D eigenvalue weighted by Gasteiger charge is 2.44. The average Bonchev–Trinajstić information content (AvgIpc) is 4.07. The van der Waals surface area contributed by atoms with Gasteiger partial charge in [-0.2, -0.15) is 0 Å². The quantitative estimate of drug-likeness (QED) is 0.152. The first-order chi connectivity index (χ1) is 36.2. The van der Waals surface area contributed by atoms with E-state index >= 15 is 0 Å². The summed E-state index contributed by atoms with van der Waals surface area (Å²) in [5.74, 6) is 1.38. The van der Waals surface area contributed by atoms with Gasteiger partial charge < -0.3 is 9.32 Å². The lowest BCUT2D eigenvalue weighted by atomic mass is 9.74. The summed E-state index contributed by atoms with van der Waals surface area (Å²) in [6.07, 6.45) is 9.20. The van der Waals surface area contributed by atoms with E-state index < -0.39 is 0 Å². The molecular weight excluding hydrogens is 901 g/mol. The predicted molar refractivity (Wildman–Crippen MR) is 304 cm³/mol. The topological polar surface area (TPSA) is 55.1 Å². The third kappa shape index (κ3) is 6.94. The van der Waals surface area contributed by atoms with Crippen LogP contribution in [0.3, 0.4) is 0 Å². The summed E-state index contributed by atoms with van der Waals surface area (Å²) in [4.78, 5) is 18.7. The van der Waals surface area contributed by atoms with Crippen LogP contribution in [0.25, 0.3) is 89.5 Å². The molecule has 0 fully saturated rings. The van der Waals surface area contributed by atoms with Crippen LogP contribution < -0.4 is 4.90 Å². The maximum absolute atomic E-state index is 6.15. The zero-order valence-electron chi connectivity index (χ0n) is 41.8. The van der Waals surface area contributed by atoms with Gasteiger partial charge in [-0.15, -0.1) is 0 Å². The molecule has 5 heteroatoms. The summed E-state index contributed by atoms with van der Waals surface area (Å²) in [6.45, 7) is 9.50. The molecule has 0 saturated carbocycles. The summed E-state index contributed by atoms with van der Waals surface area (Å²) >= 11 is 0. The van der Waals surface area contributed by atoms with Crippen LogP contribution in [0.4, 0.5) is 17.1 Å². The van der Waals surface area contributed by atoms with E-state index in [9.17, 15) is 0 Å². The van der Waals surface area contributed by atoms with Gasteiger partial charge in [0.05, 0.1) is 22.4 Å². The van der Waals surface area contributed by atoms with Crippen LogP contribution >= 0.6 is 0 Å². The zero-order valence-corrected chi connectivity index (χ0v) is 41.8. The maximum atomic E-state index is 6.15. The number of benzene rings is 9. The number of nitrogens with zero attached hydrogens (tertiary/aromatic N) is 4. The van der Waals surface area contributed by atoms with Gasteiger partial charge in [0.1, 0.15) is 5.52 Å². The van der Waals surface area contributed by atoms with Crippen molar-refractivity contribution >= 4 is 39.2 Å². The van der Waals surface area contributed by atoms with Crippen LogP contribution in [0.1, 0.15) is 55.9 Å². The third-order valence-corrected chi connectivity index (χ3v) is 16.2. The monoisotopic (exact) mass is 952 g/mol. The minimum atomic E-state index is -0.150. The van der Waals surface area contributed by atoms with E-state index in [1.54, 1.807) is 0 Å². The van der Waals surface area contributed by atoms with Crippen LogP contribution in [0.5, 0.6) is 0 Å². The van der Waals surface area contributed by atoms with E-state index in [0.717, 1.165) is 89.5 Å². The normalized spacial score (nSPS) is 16.5. The largest absolute Gasteiger partial charge is 0.436 e. The Morgan fingerprint density at radius 1 is 0.419 bits per heavy atom. The van der Waals surface area contributed by atoms with Gasteiger partial charge in [0, 0.05) is 56.2 Å². The Bertz CT molecular complexity index is 4040. The van der Waals surface area contributed by atoms with Crippen molar-refractivity contribution in [2.45, 2.75) is 44.4 Å². The van der Waals surface area contributed by atoms with Gasteiger partial charge in [0.2, 0.25) is 5.89 Å². The summed E-state index contributed by atoms with van der Waals surface area (Å²) in [7, 11) is 0. The van der Waals surface area contributed by atoms with Gasteiger partial charge in [0.15, 0.2) is 5.58 Å². The fourth-order valence-corrected chi connectivity index (χ4v) is 12.4. The molecule has 354 valence electrons. The molecule has 0 saturated heterocycles. The second-order valence-electron chi connectivity index (χ2n) is 21.2. The minimum absolute atomic E-state index is 0.0394. The Balaban J connectivity index is 0.934. The number of hydrogen-bond acceptors (Lipinski definition) is 5. The van der Waals surface area contributed by atoms with E-state index in [0.29, 0.717) is 17.7 Å². The highest BCUT2D eigenvalue weighted by Crippen LogP contribution is 2.55. The average molecular weight is 953 g/mol. The maximum Gasteiger partial charge on any atom is 0.227 e. The number of hydrogen-bond donors (Lipinski definition) is 0. The Morgan fingerprint density at radius 3 is 1.65 bits per heavy atom. The Hall–Kier alpha value is -8.93. The van der Waals surface area contributed by atoms with Crippen molar-refractivity contribution in [3.63, 3.8) is 0 Å². The van der Waals surface area contributed by atoms with Gasteiger partial charge in [-0.1, -0.05) is 192 Å². The molecule has 0 spiro atoms. The van der Waals surface area contributed by atoms with Crippen LogP contribution in [0.2, 0.25) is 0 Å². The summed E-state index contributed by atoms with van der Waals surface area (Å²) < 4.78 is 6.15. The van der Waals surface area contributed by atoms with Crippen LogP contribution in [0, 0.1) is 5.92 Å². The van der Waals surface area contributed by atoms with Gasteiger partial charge in [-0.3, -0.25) is 0 Å². The fraction of sp³-hybridized carbons (Fsp3) is 0.116. The highest BCUT2D eigenvalue weighted by atomic mass is 16.3. The highest BCUT2D eigenvalue weighted by molar-refractivity contribution is 6.04. The first-order valence-electron chi connectivity index (χ1n) is 25.8. The molecule has 11 aromatic rings. The third-order valence-electron chi connectivity index (χ3n) is 16.2. The van der Waals surface area contributed by atoms with Gasteiger partial charge >= 0.3 is 0 Å². The molecule has 5 nitrogen and oxygen atoms in total. The second-order valence-corrected chi connectivity index (χ2v) is 21.2. The molecular formula is C69H52N4O. The van der Waals surface area contributed by atoms with Gasteiger partial charge in [-0.25, -0.2) is 15.0 Å². The number of fused-ring (bicyclic) bond motifs is 8. The van der Waals surface area contributed by atoms with Crippen molar-refractivity contribution in [1.29, 1.82) is 0 Å². The Labute approximate surface area is 431 Å². The summed E-state index contributed by atoms with van der Waals surface area (Å²) in [6, 6.07) is 73.7. The molecule has 2 heterocycles. The van der Waals surface area contributed by atoms with E-state index in [1.165, 1.54) is 33.4 Å². The second kappa shape index (κ2) is 16.8. The number of oxazole rings is 1. The van der Waals surface area contributed by atoms with Crippen LogP contribution in [0.15, 0.2) is 235 Å². The molecule has 3 aliphatic rings. The van der Waals surface area contributed by atoms with E-state index in [1.807, 2.05) is 24.3 Å². The molecule has 0 bridgehead atoms. The van der Waals surface area contributed by atoms with E-state index in [-0.39, 0.29) is 10.8 Å². The fourth-order valence-electron chi connectivity index (χ4n) is 12.4.